The van der Waals surface area contributed by atoms with Crippen LogP contribution in [0.5, 0.6) is 0 Å². The zero-order chi connectivity index (χ0) is 24.3. The van der Waals surface area contributed by atoms with Gasteiger partial charge in [-0.05, 0) is 67.4 Å². The van der Waals surface area contributed by atoms with Crippen LogP contribution in [0.2, 0.25) is 0 Å². The van der Waals surface area contributed by atoms with Crippen LogP contribution in [0.3, 0.4) is 0 Å². The summed E-state index contributed by atoms with van der Waals surface area (Å²) in [5.41, 5.74) is 2.44. The molecule has 1 aliphatic rings. The van der Waals surface area contributed by atoms with Crippen LogP contribution in [-0.4, -0.2) is 36.3 Å². The maximum Gasteiger partial charge on any atom is 0.264 e. The molecule has 1 aliphatic heterocycles. The van der Waals surface area contributed by atoms with Gasteiger partial charge in [0.05, 0.1) is 15.5 Å². The Bertz CT molecular complexity index is 1440. The van der Waals surface area contributed by atoms with Gasteiger partial charge in [-0.25, -0.2) is 21.6 Å². The Balaban J connectivity index is 1.53. The van der Waals surface area contributed by atoms with Crippen LogP contribution in [0, 0.1) is 0 Å². The number of nitrogens with zero attached hydrogens (tertiary/aromatic N) is 1. The molecule has 0 aliphatic carbocycles. The van der Waals surface area contributed by atoms with Gasteiger partial charge in [0.25, 0.3) is 15.9 Å². The van der Waals surface area contributed by atoms with Crippen molar-refractivity contribution in [1.29, 1.82) is 0 Å². The lowest BCUT2D eigenvalue weighted by atomic mass is 10.0. The Morgan fingerprint density at radius 1 is 0.912 bits per heavy atom. The summed E-state index contributed by atoms with van der Waals surface area (Å²) in [5, 5.41) is 2.72. The first-order chi connectivity index (χ1) is 16.2. The van der Waals surface area contributed by atoms with Gasteiger partial charge in [0.2, 0.25) is 10.0 Å². The number of aryl methyl sites for hydroxylation is 1. The van der Waals surface area contributed by atoms with Crippen LogP contribution >= 0.6 is 0 Å². The molecule has 34 heavy (non-hydrogen) atoms. The molecule has 178 valence electrons. The van der Waals surface area contributed by atoms with Gasteiger partial charge in [-0.1, -0.05) is 36.4 Å². The number of carbonyl (C=O) groups is 1. The molecule has 10 heteroatoms. The first-order valence-electron chi connectivity index (χ1n) is 10.7. The number of benzene rings is 3. The van der Waals surface area contributed by atoms with E-state index in [1.165, 1.54) is 41.7 Å². The summed E-state index contributed by atoms with van der Waals surface area (Å²) in [6, 6.07) is 19.6. The number of nitrogens with one attached hydrogen (secondary N) is 2. The van der Waals surface area contributed by atoms with Crippen LogP contribution in [0.4, 0.5) is 5.69 Å². The molecule has 0 radical (unpaired) electrons. The van der Waals surface area contributed by atoms with Gasteiger partial charge >= 0.3 is 0 Å². The minimum Gasteiger partial charge on any atom is -0.348 e. The van der Waals surface area contributed by atoms with Crippen molar-refractivity contribution < 1.29 is 21.6 Å². The number of hydrogen-bond acceptors (Lipinski definition) is 5. The number of para-hydroxylation sites is 1. The van der Waals surface area contributed by atoms with E-state index in [0.29, 0.717) is 17.8 Å². The maximum absolute atomic E-state index is 13.4. The second-order valence-corrected chi connectivity index (χ2v) is 11.6. The molecule has 0 unspecified atom stereocenters. The lowest BCUT2D eigenvalue weighted by molar-refractivity contribution is 0.0950. The van der Waals surface area contributed by atoms with Gasteiger partial charge < -0.3 is 5.32 Å². The third-order valence-electron chi connectivity index (χ3n) is 5.68. The van der Waals surface area contributed by atoms with E-state index in [-0.39, 0.29) is 21.9 Å². The van der Waals surface area contributed by atoms with Crippen molar-refractivity contribution in [3.63, 3.8) is 0 Å². The van der Waals surface area contributed by atoms with E-state index in [2.05, 4.69) is 10.0 Å². The molecule has 1 amide bonds. The van der Waals surface area contributed by atoms with Gasteiger partial charge in [0, 0.05) is 18.7 Å². The molecule has 0 aromatic heterocycles. The first-order valence-corrected chi connectivity index (χ1v) is 13.7. The fraction of sp³-hybridized carbons (Fsp3) is 0.208. The molecular weight excluding hydrogens is 474 g/mol. The third kappa shape index (κ3) is 4.84. The molecule has 0 saturated heterocycles. The van der Waals surface area contributed by atoms with Crippen molar-refractivity contribution in [3.8, 4) is 0 Å². The SMILES string of the molecule is CNS(=O)(=O)c1cccc(CNC(=O)c2cccc(S(=O)(=O)N3CCCc4ccccc43)c2)c1. The number of hydrogen-bond donors (Lipinski definition) is 2. The van der Waals surface area contributed by atoms with Crippen molar-refractivity contribution >= 4 is 31.6 Å². The molecule has 0 saturated carbocycles. The summed E-state index contributed by atoms with van der Waals surface area (Å²) in [5.74, 6) is -0.460. The van der Waals surface area contributed by atoms with Crippen LogP contribution in [0.25, 0.3) is 0 Å². The van der Waals surface area contributed by atoms with Gasteiger partial charge in [0.1, 0.15) is 0 Å². The molecule has 0 bridgehead atoms. The second kappa shape index (κ2) is 9.57. The maximum atomic E-state index is 13.4. The fourth-order valence-electron chi connectivity index (χ4n) is 3.90. The predicted molar refractivity (Wildman–Crippen MR) is 130 cm³/mol. The topological polar surface area (TPSA) is 113 Å². The highest BCUT2D eigenvalue weighted by Crippen LogP contribution is 2.32. The van der Waals surface area contributed by atoms with Crippen molar-refractivity contribution in [2.45, 2.75) is 29.2 Å². The Hall–Kier alpha value is -3.21. The number of amides is 1. The van der Waals surface area contributed by atoms with E-state index in [0.717, 1.165) is 18.4 Å². The standard InChI is InChI=1S/C24H25N3O5S2/c1-25-33(29,30)21-11-4-7-18(15-21)17-26-24(28)20-9-5-12-22(16-20)34(31,32)27-14-6-10-19-8-2-3-13-23(19)27/h2-5,7-9,11-13,15-16,25H,6,10,14,17H2,1H3,(H,26,28). The highest BCUT2D eigenvalue weighted by Gasteiger charge is 2.29. The molecule has 4 rings (SSSR count). The Morgan fingerprint density at radius 2 is 1.65 bits per heavy atom. The lowest BCUT2D eigenvalue weighted by Crippen LogP contribution is -2.35. The molecule has 8 nitrogen and oxygen atoms in total. The van der Waals surface area contributed by atoms with Crippen LogP contribution in [0.1, 0.15) is 27.9 Å². The minimum atomic E-state index is -3.84. The largest absolute Gasteiger partial charge is 0.348 e. The Morgan fingerprint density at radius 3 is 2.44 bits per heavy atom. The van der Waals surface area contributed by atoms with Gasteiger partial charge in [-0.3, -0.25) is 9.10 Å². The smallest absolute Gasteiger partial charge is 0.264 e. The van der Waals surface area contributed by atoms with E-state index in [1.807, 2.05) is 18.2 Å². The van der Waals surface area contributed by atoms with E-state index < -0.39 is 26.0 Å². The minimum absolute atomic E-state index is 0.0407. The monoisotopic (exact) mass is 499 g/mol. The number of rotatable bonds is 7. The molecular formula is C24H25N3O5S2. The summed E-state index contributed by atoms with van der Waals surface area (Å²) in [6.07, 6.45) is 1.54. The van der Waals surface area contributed by atoms with Crippen molar-refractivity contribution in [1.82, 2.24) is 10.0 Å². The predicted octanol–water partition coefficient (Wildman–Crippen LogP) is 2.67. The van der Waals surface area contributed by atoms with Crippen molar-refractivity contribution in [2.24, 2.45) is 0 Å². The number of sulfonamides is 2. The summed E-state index contributed by atoms with van der Waals surface area (Å²) >= 11 is 0. The zero-order valence-electron chi connectivity index (χ0n) is 18.6. The van der Waals surface area contributed by atoms with Crippen molar-refractivity contribution in [2.75, 3.05) is 17.9 Å². The summed E-state index contributed by atoms with van der Waals surface area (Å²) < 4.78 is 54.4. The van der Waals surface area contributed by atoms with Crippen LogP contribution in [0.15, 0.2) is 82.6 Å². The van der Waals surface area contributed by atoms with E-state index >= 15 is 0 Å². The molecule has 1 heterocycles. The van der Waals surface area contributed by atoms with Gasteiger partial charge in [0.15, 0.2) is 0 Å². The summed E-state index contributed by atoms with van der Waals surface area (Å²) in [7, 11) is -6.12. The first kappa shape index (κ1) is 23.9. The molecule has 0 atom stereocenters. The lowest BCUT2D eigenvalue weighted by Gasteiger charge is -2.30. The molecule has 3 aromatic rings. The molecule has 0 spiro atoms. The highest BCUT2D eigenvalue weighted by molar-refractivity contribution is 7.92. The zero-order valence-corrected chi connectivity index (χ0v) is 20.2. The Labute approximate surface area is 199 Å². The quantitative estimate of drug-likeness (QED) is 0.519. The van der Waals surface area contributed by atoms with Gasteiger partial charge in [-0.2, -0.15) is 0 Å². The van der Waals surface area contributed by atoms with Crippen LogP contribution in [-0.2, 0) is 33.0 Å². The molecule has 2 N–H and O–H groups in total. The second-order valence-electron chi connectivity index (χ2n) is 7.87. The summed E-state index contributed by atoms with van der Waals surface area (Å²) in [4.78, 5) is 12.9. The van der Waals surface area contributed by atoms with E-state index in [1.54, 1.807) is 24.3 Å². The average Bonchev–Trinajstić information content (AvgIpc) is 2.87. The summed E-state index contributed by atoms with van der Waals surface area (Å²) in [6.45, 7) is 0.462. The van der Waals surface area contributed by atoms with Gasteiger partial charge in [-0.15, -0.1) is 0 Å². The van der Waals surface area contributed by atoms with Crippen LogP contribution < -0.4 is 14.3 Å². The van der Waals surface area contributed by atoms with E-state index in [9.17, 15) is 21.6 Å². The molecule has 3 aromatic carbocycles. The number of anilines is 1. The third-order valence-corrected chi connectivity index (χ3v) is 8.90. The van der Waals surface area contributed by atoms with E-state index in [4.69, 9.17) is 0 Å². The van der Waals surface area contributed by atoms with Crippen molar-refractivity contribution in [3.05, 3.63) is 89.5 Å². The highest BCUT2D eigenvalue weighted by atomic mass is 32.2. The number of carbonyl (C=O) groups excluding carboxylic acids is 1. The normalized spacial score (nSPS) is 13.9. The Kier molecular flexibility index (Phi) is 6.74. The fourth-order valence-corrected chi connectivity index (χ4v) is 6.29. The molecule has 0 fully saturated rings. The average molecular weight is 500 g/mol. The number of fused-ring (bicyclic) bond motifs is 1.